The SMILES string of the molecule is CC1(C)CC(=O)CC[C@@H]1C(=O)O. The van der Waals surface area contributed by atoms with Crippen molar-refractivity contribution in [1.82, 2.24) is 0 Å². The van der Waals surface area contributed by atoms with Crippen molar-refractivity contribution in [2.24, 2.45) is 11.3 Å². The van der Waals surface area contributed by atoms with Gasteiger partial charge in [0.05, 0.1) is 5.92 Å². The van der Waals surface area contributed by atoms with E-state index in [2.05, 4.69) is 0 Å². The molecule has 0 bridgehead atoms. The molecule has 0 saturated heterocycles. The van der Waals surface area contributed by atoms with E-state index >= 15 is 0 Å². The first kappa shape index (κ1) is 9.23. The second kappa shape index (κ2) is 2.88. The lowest BCUT2D eigenvalue weighted by Crippen LogP contribution is -2.37. The van der Waals surface area contributed by atoms with Crippen molar-refractivity contribution < 1.29 is 14.7 Å². The van der Waals surface area contributed by atoms with Crippen LogP contribution in [-0.4, -0.2) is 16.9 Å². The highest BCUT2D eigenvalue weighted by Gasteiger charge is 2.40. The van der Waals surface area contributed by atoms with Crippen LogP contribution in [0.4, 0.5) is 0 Å². The molecule has 0 amide bonds. The van der Waals surface area contributed by atoms with Crippen LogP contribution in [0.2, 0.25) is 0 Å². The number of hydrogen-bond acceptors (Lipinski definition) is 2. The lowest BCUT2D eigenvalue weighted by Gasteiger charge is -2.34. The molecule has 12 heavy (non-hydrogen) atoms. The van der Waals surface area contributed by atoms with Crippen LogP contribution in [0.3, 0.4) is 0 Å². The van der Waals surface area contributed by atoms with Gasteiger partial charge in [-0.05, 0) is 11.8 Å². The summed E-state index contributed by atoms with van der Waals surface area (Å²) in [7, 11) is 0. The summed E-state index contributed by atoms with van der Waals surface area (Å²) < 4.78 is 0. The van der Waals surface area contributed by atoms with Crippen LogP contribution in [0, 0.1) is 11.3 Å². The lowest BCUT2D eigenvalue weighted by molar-refractivity contribution is -0.149. The van der Waals surface area contributed by atoms with Crippen molar-refractivity contribution in [3.63, 3.8) is 0 Å². The minimum absolute atomic E-state index is 0.192. The number of rotatable bonds is 1. The molecular weight excluding hydrogens is 156 g/mol. The van der Waals surface area contributed by atoms with E-state index in [0.717, 1.165) is 0 Å². The number of carbonyl (C=O) groups is 2. The highest BCUT2D eigenvalue weighted by atomic mass is 16.4. The Morgan fingerprint density at radius 1 is 1.58 bits per heavy atom. The van der Waals surface area contributed by atoms with Gasteiger partial charge in [0.15, 0.2) is 0 Å². The molecule has 1 aliphatic carbocycles. The van der Waals surface area contributed by atoms with Crippen molar-refractivity contribution in [1.29, 1.82) is 0 Å². The molecule has 0 aromatic carbocycles. The van der Waals surface area contributed by atoms with Gasteiger partial charge in [-0.15, -0.1) is 0 Å². The Morgan fingerprint density at radius 3 is 2.58 bits per heavy atom. The molecule has 0 unspecified atom stereocenters. The normalized spacial score (nSPS) is 28.5. The second-order valence-electron chi connectivity index (χ2n) is 4.13. The first-order chi connectivity index (χ1) is 5.43. The minimum atomic E-state index is -0.771. The molecule has 1 N–H and O–H groups in total. The quantitative estimate of drug-likeness (QED) is 0.648. The molecule has 1 fully saturated rings. The zero-order valence-corrected chi connectivity index (χ0v) is 7.46. The van der Waals surface area contributed by atoms with Crippen molar-refractivity contribution >= 4 is 11.8 Å². The monoisotopic (exact) mass is 170 g/mol. The number of hydrogen-bond donors (Lipinski definition) is 1. The van der Waals surface area contributed by atoms with E-state index in [-0.39, 0.29) is 17.1 Å². The van der Waals surface area contributed by atoms with Gasteiger partial charge in [-0.2, -0.15) is 0 Å². The summed E-state index contributed by atoms with van der Waals surface area (Å²) in [5, 5.41) is 8.85. The van der Waals surface area contributed by atoms with E-state index in [0.29, 0.717) is 19.3 Å². The number of aliphatic carboxylic acids is 1. The zero-order chi connectivity index (χ0) is 9.35. The number of carboxylic acids is 1. The molecule has 3 heteroatoms. The van der Waals surface area contributed by atoms with Crippen molar-refractivity contribution in [3.05, 3.63) is 0 Å². The summed E-state index contributed by atoms with van der Waals surface area (Å²) in [4.78, 5) is 21.8. The second-order valence-corrected chi connectivity index (χ2v) is 4.13. The highest BCUT2D eigenvalue weighted by Crippen LogP contribution is 2.38. The summed E-state index contributed by atoms with van der Waals surface area (Å²) in [5.41, 5.74) is -0.360. The largest absolute Gasteiger partial charge is 0.481 e. The van der Waals surface area contributed by atoms with Gasteiger partial charge in [0, 0.05) is 12.8 Å². The van der Waals surface area contributed by atoms with Crippen LogP contribution in [0.1, 0.15) is 33.1 Å². The van der Waals surface area contributed by atoms with Crippen LogP contribution in [0.5, 0.6) is 0 Å². The number of Topliss-reactive ketones (excluding diaryl/α,β-unsaturated/α-hetero) is 1. The summed E-state index contributed by atoms with van der Waals surface area (Å²) >= 11 is 0. The smallest absolute Gasteiger partial charge is 0.307 e. The van der Waals surface area contributed by atoms with E-state index in [1.807, 2.05) is 13.8 Å². The first-order valence-corrected chi connectivity index (χ1v) is 4.18. The molecule has 0 aromatic rings. The number of carbonyl (C=O) groups excluding carboxylic acids is 1. The molecule has 0 spiro atoms. The first-order valence-electron chi connectivity index (χ1n) is 4.18. The molecule has 0 radical (unpaired) electrons. The third-order valence-electron chi connectivity index (χ3n) is 2.61. The van der Waals surface area contributed by atoms with Gasteiger partial charge >= 0.3 is 5.97 Å². The number of ketones is 1. The predicted molar refractivity (Wildman–Crippen MR) is 43.8 cm³/mol. The molecule has 3 nitrogen and oxygen atoms in total. The van der Waals surface area contributed by atoms with Gasteiger partial charge in [0.2, 0.25) is 0 Å². The Hall–Kier alpha value is -0.860. The Balaban J connectivity index is 2.77. The summed E-state index contributed by atoms with van der Waals surface area (Å²) in [6, 6.07) is 0. The standard InChI is InChI=1S/C9H14O3/c1-9(2)5-6(10)3-4-7(9)8(11)12/h7H,3-5H2,1-2H3,(H,11,12)/t7-/m1/s1. The molecule has 1 atom stereocenters. The fraction of sp³-hybridized carbons (Fsp3) is 0.778. The van der Waals surface area contributed by atoms with E-state index in [9.17, 15) is 9.59 Å². The van der Waals surface area contributed by atoms with Crippen LogP contribution in [0.25, 0.3) is 0 Å². The van der Waals surface area contributed by atoms with Gasteiger partial charge < -0.3 is 5.11 Å². The Morgan fingerprint density at radius 2 is 2.17 bits per heavy atom. The summed E-state index contributed by atoms with van der Waals surface area (Å²) in [5.74, 6) is -0.930. The topological polar surface area (TPSA) is 54.4 Å². The maximum absolute atomic E-state index is 11.1. The Labute approximate surface area is 71.8 Å². The van der Waals surface area contributed by atoms with Crippen LogP contribution >= 0.6 is 0 Å². The molecule has 1 rings (SSSR count). The number of carboxylic acid groups (broad SMARTS) is 1. The van der Waals surface area contributed by atoms with Crippen molar-refractivity contribution in [2.75, 3.05) is 0 Å². The third kappa shape index (κ3) is 1.65. The molecule has 0 heterocycles. The van der Waals surface area contributed by atoms with Crippen LogP contribution in [0.15, 0.2) is 0 Å². The van der Waals surface area contributed by atoms with Crippen molar-refractivity contribution in [3.8, 4) is 0 Å². The molecule has 0 aromatic heterocycles. The summed E-state index contributed by atoms with van der Waals surface area (Å²) in [6.45, 7) is 3.70. The molecule has 0 aliphatic heterocycles. The van der Waals surface area contributed by atoms with E-state index < -0.39 is 5.97 Å². The predicted octanol–water partition coefficient (Wildman–Crippen LogP) is 1.47. The molecule has 1 saturated carbocycles. The average molecular weight is 170 g/mol. The van der Waals surface area contributed by atoms with Gasteiger partial charge in [-0.25, -0.2) is 0 Å². The highest BCUT2D eigenvalue weighted by molar-refractivity contribution is 5.83. The maximum Gasteiger partial charge on any atom is 0.307 e. The van der Waals surface area contributed by atoms with Crippen LogP contribution < -0.4 is 0 Å². The lowest BCUT2D eigenvalue weighted by atomic mass is 9.68. The minimum Gasteiger partial charge on any atom is -0.481 e. The molecular formula is C9H14O3. The van der Waals surface area contributed by atoms with Crippen molar-refractivity contribution in [2.45, 2.75) is 33.1 Å². The molecule has 68 valence electrons. The van der Waals surface area contributed by atoms with E-state index in [4.69, 9.17) is 5.11 Å². The Bertz CT molecular complexity index is 218. The third-order valence-corrected chi connectivity index (χ3v) is 2.61. The summed E-state index contributed by atoms with van der Waals surface area (Å²) in [6.07, 6.45) is 1.34. The maximum atomic E-state index is 11.1. The fourth-order valence-corrected chi connectivity index (χ4v) is 1.87. The van der Waals surface area contributed by atoms with Gasteiger partial charge in [-0.1, -0.05) is 13.8 Å². The fourth-order valence-electron chi connectivity index (χ4n) is 1.87. The molecule has 1 aliphatic rings. The Kier molecular flexibility index (Phi) is 2.22. The van der Waals surface area contributed by atoms with Crippen LogP contribution in [-0.2, 0) is 9.59 Å². The average Bonchev–Trinajstić information content (AvgIpc) is 1.82. The van der Waals surface area contributed by atoms with E-state index in [1.165, 1.54) is 0 Å². The zero-order valence-electron chi connectivity index (χ0n) is 7.46. The van der Waals surface area contributed by atoms with Gasteiger partial charge in [-0.3, -0.25) is 9.59 Å². The van der Waals surface area contributed by atoms with Gasteiger partial charge in [0.1, 0.15) is 5.78 Å². The van der Waals surface area contributed by atoms with E-state index in [1.54, 1.807) is 0 Å². The van der Waals surface area contributed by atoms with Gasteiger partial charge in [0.25, 0.3) is 0 Å².